The third-order valence-electron chi connectivity index (χ3n) is 4.61. The molecule has 1 aliphatic heterocycles. The number of hydrogen-bond donors (Lipinski definition) is 1. The van der Waals surface area contributed by atoms with Crippen molar-refractivity contribution in [3.63, 3.8) is 0 Å². The molecule has 7 heteroatoms. The van der Waals surface area contributed by atoms with Gasteiger partial charge < -0.3 is 14.8 Å². The fourth-order valence-electron chi connectivity index (χ4n) is 3.53. The lowest BCUT2D eigenvalue weighted by Gasteiger charge is -2.32. The molecule has 1 aromatic carbocycles. The van der Waals surface area contributed by atoms with Gasteiger partial charge in [0.15, 0.2) is 17.3 Å². The third-order valence-corrected chi connectivity index (χ3v) is 4.61. The fourth-order valence-corrected chi connectivity index (χ4v) is 3.53. The molecule has 0 saturated heterocycles. The van der Waals surface area contributed by atoms with Gasteiger partial charge >= 0.3 is 0 Å². The Kier molecular flexibility index (Phi) is 3.91. The minimum atomic E-state index is -0.300. The van der Waals surface area contributed by atoms with Gasteiger partial charge in [0.25, 0.3) is 0 Å². The molecule has 2 heterocycles. The Hall–Kier alpha value is -2.83. The van der Waals surface area contributed by atoms with Crippen LogP contribution in [0.2, 0.25) is 0 Å². The van der Waals surface area contributed by atoms with Crippen LogP contribution in [0.1, 0.15) is 37.8 Å². The Morgan fingerprint density at radius 2 is 2.20 bits per heavy atom. The van der Waals surface area contributed by atoms with Crippen LogP contribution >= 0.6 is 0 Å². The van der Waals surface area contributed by atoms with E-state index in [0.29, 0.717) is 30.5 Å². The van der Waals surface area contributed by atoms with Gasteiger partial charge in [0.05, 0.1) is 13.7 Å². The highest BCUT2D eigenvalue weighted by molar-refractivity contribution is 5.99. The van der Waals surface area contributed by atoms with Gasteiger partial charge in [-0.25, -0.2) is 4.68 Å². The number of carbonyl (C=O) groups is 1. The van der Waals surface area contributed by atoms with Crippen LogP contribution in [-0.2, 0) is 4.79 Å². The number of aromatic nitrogens is 3. The van der Waals surface area contributed by atoms with Crippen LogP contribution in [-0.4, -0.2) is 34.3 Å². The maximum Gasteiger partial charge on any atom is 0.226 e. The predicted octanol–water partition coefficient (Wildman–Crippen LogP) is 2.71. The molecule has 0 spiro atoms. The molecule has 130 valence electrons. The average Bonchev–Trinajstić information content (AvgIpc) is 3.09. The Morgan fingerprint density at radius 1 is 1.32 bits per heavy atom. The van der Waals surface area contributed by atoms with E-state index in [1.54, 1.807) is 11.8 Å². The average molecular weight is 340 g/mol. The van der Waals surface area contributed by atoms with Crippen molar-refractivity contribution in [2.24, 2.45) is 0 Å². The molecule has 1 aromatic heterocycles. The summed E-state index contributed by atoms with van der Waals surface area (Å²) in [6, 6.07) is 5.45. The lowest BCUT2D eigenvalue weighted by Crippen LogP contribution is -2.31. The number of methoxy groups -OCH3 is 1. The first kappa shape index (κ1) is 15.7. The molecular formula is C18H20N4O3. The van der Waals surface area contributed by atoms with Crippen molar-refractivity contribution in [3.8, 4) is 11.5 Å². The number of fused-ring (bicyclic) bond motifs is 1. The molecule has 4 rings (SSSR count). The molecule has 7 nitrogen and oxygen atoms in total. The van der Waals surface area contributed by atoms with E-state index in [0.717, 1.165) is 29.7 Å². The normalized spacial score (nSPS) is 19.1. The summed E-state index contributed by atoms with van der Waals surface area (Å²) in [5.74, 6) is 2.15. The van der Waals surface area contributed by atoms with E-state index in [1.807, 2.05) is 25.1 Å². The highest BCUT2D eigenvalue weighted by Crippen LogP contribution is 2.41. The van der Waals surface area contributed by atoms with Gasteiger partial charge in [-0.1, -0.05) is 6.07 Å². The van der Waals surface area contributed by atoms with E-state index >= 15 is 0 Å². The first-order valence-electron chi connectivity index (χ1n) is 8.46. The molecule has 0 fully saturated rings. The molecule has 2 aromatic rings. The number of benzene rings is 1. The van der Waals surface area contributed by atoms with Gasteiger partial charge in [-0.15, -0.1) is 0 Å². The predicted molar refractivity (Wildman–Crippen MR) is 91.8 cm³/mol. The summed E-state index contributed by atoms with van der Waals surface area (Å²) in [4.78, 5) is 16.9. The maximum atomic E-state index is 12.7. The van der Waals surface area contributed by atoms with Crippen LogP contribution in [0.15, 0.2) is 35.8 Å². The molecule has 2 aliphatic rings. The quantitative estimate of drug-likeness (QED) is 0.922. The minimum absolute atomic E-state index is 0.160. The summed E-state index contributed by atoms with van der Waals surface area (Å²) < 4.78 is 12.8. The number of rotatable bonds is 4. The Morgan fingerprint density at radius 3 is 3.00 bits per heavy atom. The SMILES string of the molecule is CCOc1ccc(C2C3=C(CCCC3=O)Nc3ncnn32)cc1OC. The Bertz CT molecular complexity index is 856. The zero-order valence-corrected chi connectivity index (χ0v) is 14.3. The van der Waals surface area contributed by atoms with Crippen molar-refractivity contribution in [2.75, 3.05) is 19.0 Å². The summed E-state index contributed by atoms with van der Waals surface area (Å²) in [5.41, 5.74) is 2.65. The van der Waals surface area contributed by atoms with Crippen LogP contribution in [0, 0.1) is 0 Å². The van der Waals surface area contributed by atoms with Crippen LogP contribution in [0.3, 0.4) is 0 Å². The number of nitrogens with zero attached hydrogens (tertiary/aromatic N) is 3. The van der Waals surface area contributed by atoms with Crippen molar-refractivity contribution in [2.45, 2.75) is 32.2 Å². The monoisotopic (exact) mass is 340 g/mol. The molecular weight excluding hydrogens is 320 g/mol. The van der Waals surface area contributed by atoms with E-state index in [4.69, 9.17) is 9.47 Å². The van der Waals surface area contributed by atoms with Crippen LogP contribution in [0.25, 0.3) is 0 Å². The van der Waals surface area contributed by atoms with E-state index in [9.17, 15) is 4.79 Å². The summed E-state index contributed by atoms with van der Waals surface area (Å²) in [7, 11) is 1.61. The zero-order valence-electron chi connectivity index (χ0n) is 14.3. The van der Waals surface area contributed by atoms with E-state index < -0.39 is 0 Å². The van der Waals surface area contributed by atoms with Crippen molar-refractivity contribution in [1.82, 2.24) is 14.8 Å². The topological polar surface area (TPSA) is 78.3 Å². The molecule has 1 atom stereocenters. The van der Waals surface area contributed by atoms with E-state index in [-0.39, 0.29) is 11.8 Å². The van der Waals surface area contributed by atoms with Gasteiger partial charge in [0.2, 0.25) is 5.95 Å². The maximum absolute atomic E-state index is 12.7. The summed E-state index contributed by atoms with van der Waals surface area (Å²) in [6.45, 7) is 2.49. The number of ketones is 1. The third kappa shape index (κ3) is 2.56. The summed E-state index contributed by atoms with van der Waals surface area (Å²) >= 11 is 0. The van der Waals surface area contributed by atoms with Crippen LogP contribution < -0.4 is 14.8 Å². The van der Waals surface area contributed by atoms with Gasteiger partial charge in [-0.05, 0) is 37.5 Å². The minimum Gasteiger partial charge on any atom is -0.493 e. The number of hydrogen-bond acceptors (Lipinski definition) is 6. The summed E-state index contributed by atoms with van der Waals surface area (Å²) in [6.07, 6.45) is 3.77. The molecule has 1 aliphatic carbocycles. The van der Waals surface area contributed by atoms with Crippen LogP contribution in [0.5, 0.6) is 11.5 Å². The van der Waals surface area contributed by atoms with Gasteiger partial charge in [-0.2, -0.15) is 10.1 Å². The number of carbonyl (C=O) groups excluding carboxylic acids is 1. The van der Waals surface area contributed by atoms with E-state index in [1.165, 1.54) is 6.33 Å². The highest BCUT2D eigenvalue weighted by Gasteiger charge is 2.36. The number of Topliss-reactive ketones (excluding diaryl/α,β-unsaturated/α-hetero) is 1. The molecule has 0 bridgehead atoms. The van der Waals surface area contributed by atoms with Crippen molar-refractivity contribution < 1.29 is 14.3 Å². The molecule has 0 amide bonds. The molecule has 1 unspecified atom stereocenters. The van der Waals surface area contributed by atoms with Crippen molar-refractivity contribution in [3.05, 3.63) is 41.4 Å². The number of nitrogens with one attached hydrogen (secondary N) is 1. The van der Waals surface area contributed by atoms with Crippen LogP contribution in [0.4, 0.5) is 5.95 Å². The van der Waals surface area contributed by atoms with E-state index in [2.05, 4.69) is 15.4 Å². The lowest BCUT2D eigenvalue weighted by molar-refractivity contribution is -0.116. The molecule has 1 N–H and O–H groups in total. The number of allylic oxidation sites excluding steroid dienone is 2. The molecule has 0 radical (unpaired) electrons. The van der Waals surface area contributed by atoms with Crippen molar-refractivity contribution >= 4 is 11.7 Å². The fraction of sp³-hybridized carbons (Fsp3) is 0.389. The van der Waals surface area contributed by atoms with Gasteiger partial charge in [0, 0.05) is 17.7 Å². The number of anilines is 1. The second-order valence-corrected chi connectivity index (χ2v) is 6.07. The lowest BCUT2D eigenvalue weighted by atomic mass is 9.85. The Balaban J connectivity index is 1.85. The summed E-state index contributed by atoms with van der Waals surface area (Å²) in [5, 5.41) is 7.60. The smallest absolute Gasteiger partial charge is 0.226 e. The zero-order chi connectivity index (χ0) is 17.4. The second kappa shape index (κ2) is 6.23. The first-order valence-corrected chi connectivity index (χ1v) is 8.46. The Labute approximate surface area is 145 Å². The second-order valence-electron chi connectivity index (χ2n) is 6.07. The number of ether oxygens (including phenoxy) is 2. The van der Waals surface area contributed by atoms with Crippen molar-refractivity contribution in [1.29, 1.82) is 0 Å². The largest absolute Gasteiger partial charge is 0.493 e. The molecule has 0 saturated carbocycles. The standard InChI is InChI=1S/C18H20N4O3/c1-3-25-14-8-7-11(9-15(14)24-2)17-16-12(5-4-6-13(16)23)21-18-19-10-20-22(17)18/h7-10,17H,3-6H2,1-2H3,(H,19,20,21). The van der Waals surface area contributed by atoms with Gasteiger partial charge in [-0.3, -0.25) is 4.79 Å². The first-order chi connectivity index (χ1) is 12.2. The van der Waals surface area contributed by atoms with Gasteiger partial charge in [0.1, 0.15) is 12.4 Å². The molecule has 25 heavy (non-hydrogen) atoms. The highest BCUT2D eigenvalue weighted by atomic mass is 16.5.